The van der Waals surface area contributed by atoms with Crippen LogP contribution in [0.3, 0.4) is 0 Å². The molecule has 0 atom stereocenters. The first kappa shape index (κ1) is 14.6. The fourth-order valence-corrected chi connectivity index (χ4v) is 2.14. The summed E-state index contributed by atoms with van der Waals surface area (Å²) in [4.78, 5) is 1.05. The maximum absolute atomic E-state index is 13.0. The summed E-state index contributed by atoms with van der Waals surface area (Å²) >= 11 is 1.57. The number of anilines is 3. The van der Waals surface area contributed by atoms with Crippen molar-refractivity contribution < 1.29 is 13.2 Å². The van der Waals surface area contributed by atoms with Crippen LogP contribution in [-0.4, -0.2) is 6.26 Å². The van der Waals surface area contributed by atoms with Crippen molar-refractivity contribution in [3.63, 3.8) is 0 Å². The standard InChI is InChI=1S/C14H13F3N2S/c1-20-11-5-3-10(4-6-11)19-13-7-2-9(18)8-12(13)14(15,16)17/h2-8,19H,18H2,1H3. The van der Waals surface area contributed by atoms with Gasteiger partial charge in [0.1, 0.15) is 0 Å². The molecule has 0 aliphatic carbocycles. The van der Waals surface area contributed by atoms with Gasteiger partial charge in [-0.25, -0.2) is 0 Å². The molecule has 0 fully saturated rings. The van der Waals surface area contributed by atoms with Crippen LogP contribution >= 0.6 is 11.8 Å². The molecule has 0 aromatic heterocycles. The lowest BCUT2D eigenvalue weighted by atomic mass is 10.1. The van der Waals surface area contributed by atoms with Crippen molar-refractivity contribution in [1.29, 1.82) is 0 Å². The number of hydrogen-bond acceptors (Lipinski definition) is 3. The van der Waals surface area contributed by atoms with Crippen LogP contribution in [0.15, 0.2) is 47.4 Å². The molecular formula is C14H13F3N2S. The summed E-state index contributed by atoms with van der Waals surface area (Å²) < 4.78 is 38.9. The van der Waals surface area contributed by atoms with Gasteiger partial charge in [0.15, 0.2) is 0 Å². The minimum absolute atomic E-state index is 0.0106. The van der Waals surface area contributed by atoms with Crippen LogP contribution in [0.1, 0.15) is 5.56 Å². The highest BCUT2D eigenvalue weighted by atomic mass is 32.2. The molecule has 6 heteroatoms. The van der Waals surface area contributed by atoms with Gasteiger partial charge < -0.3 is 11.1 Å². The molecule has 0 aliphatic heterocycles. The predicted molar refractivity (Wildman–Crippen MR) is 77.4 cm³/mol. The van der Waals surface area contributed by atoms with E-state index in [4.69, 9.17) is 5.73 Å². The van der Waals surface area contributed by atoms with E-state index in [1.54, 1.807) is 23.9 Å². The fraction of sp³-hybridized carbons (Fsp3) is 0.143. The van der Waals surface area contributed by atoms with Gasteiger partial charge in [0, 0.05) is 16.3 Å². The van der Waals surface area contributed by atoms with E-state index in [1.165, 1.54) is 12.1 Å². The van der Waals surface area contributed by atoms with Gasteiger partial charge in [-0.05, 0) is 48.7 Å². The Morgan fingerprint density at radius 2 is 1.70 bits per heavy atom. The zero-order valence-corrected chi connectivity index (χ0v) is 11.5. The van der Waals surface area contributed by atoms with Gasteiger partial charge in [-0.1, -0.05) is 0 Å². The second-order valence-corrected chi connectivity index (χ2v) is 5.04. The quantitative estimate of drug-likeness (QED) is 0.634. The van der Waals surface area contributed by atoms with Crippen LogP contribution < -0.4 is 11.1 Å². The molecule has 0 radical (unpaired) electrons. The Morgan fingerprint density at radius 1 is 1.05 bits per heavy atom. The van der Waals surface area contributed by atoms with Crippen molar-refractivity contribution >= 4 is 28.8 Å². The van der Waals surface area contributed by atoms with Gasteiger partial charge in [-0.2, -0.15) is 13.2 Å². The maximum atomic E-state index is 13.0. The molecule has 2 nitrogen and oxygen atoms in total. The summed E-state index contributed by atoms with van der Waals surface area (Å²) in [7, 11) is 0. The van der Waals surface area contributed by atoms with Crippen molar-refractivity contribution in [2.45, 2.75) is 11.1 Å². The van der Waals surface area contributed by atoms with Gasteiger partial charge in [0.25, 0.3) is 0 Å². The lowest BCUT2D eigenvalue weighted by molar-refractivity contribution is -0.136. The van der Waals surface area contributed by atoms with E-state index >= 15 is 0 Å². The second-order valence-electron chi connectivity index (χ2n) is 4.16. The molecule has 0 heterocycles. The lowest BCUT2D eigenvalue weighted by Crippen LogP contribution is -2.09. The highest BCUT2D eigenvalue weighted by Crippen LogP contribution is 2.37. The topological polar surface area (TPSA) is 38.0 Å². The smallest absolute Gasteiger partial charge is 0.399 e. The van der Waals surface area contributed by atoms with Crippen molar-refractivity contribution in [3.8, 4) is 0 Å². The van der Waals surface area contributed by atoms with E-state index in [2.05, 4.69) is 5.32 Å². The van der Waals surface area contributed by atoms with Gasteiger partial charge in [0.2, 0.25) is 0 Å². The number of alkyl halides is 3. The molecular weight excluding hydrogens is 285 g/mol. The van der Waals surface area contributed by atoms with Gasteiger partial charge >= 0.3 is 6.18 Å². The van der Waals surface area contributed by atoms with Crippen LogP contribution in [0.2, 0.25) is 0 Å². The van der Waals surface area contributed by atoms with Crippen LogP contribution in [0.25, 0.3) is 0 Å². The summed E-state index contributed by atoms with van der Waals surface area (Å²) in [6.07, 6.45) is -2.51. The first-order chi connectivity index (χ1) is 9.40. The first-order valence-electron chi connectivity index (χ1n) is 5.78. The third kappa shape index (κ3) is 3.39. The van der Waals surface area contributed by atoms with Gasteiger partial charge in [0.05, 0.1) is 11.3 Å². The Labute approximate surface area is 119 Å². The second kappa shape index (κ2) is 5.66. The van der Waals surface area contributed by atoms with Crippen LogP contribution in [0, 0.1) is 0 Å². The SMILES string of the molecule is CSc1ccc(Nc2ccc(N)cc2C(F)(F)F)cc1. The molecule has 0 bridgehead atoms. The Morgan fingerprint density at radius 3 is 2.25 bits per heavy atom. The highest BCUT2D eigenvalue weighted by Gasteiger charge is 2.33. The number of rotatable bonds is 3. The minimum Gasteiger partial charge on any atom is -0.399 e. The highest BCUT2D eigenvalue weighted by molar-refractivity contribution is 7.98. The van der Waals surface area contributed by atoms with Crippen molar-refractivity contribution in [2.24, 2.45) is 0 Å². The maximum Gasteiger partial charge on any atom is 0.418 e. The summed E-state index contributed by atoms with van der Waals surface area (Å²) in [6.45, 7) is 0. The molecule has 0 saturated carbocycles. The first-order valence-corrected chi connectivity index (χ1v) is 7.00. The third-order valence-electron chi connectivity index (χ3n) is 2.72. The molecule has 106 valence electrons. The predicted octanol–water partition coefficient (Wildman–Crippen LogP) is 4.75. The molecule has 0 saturated heterocycles. The molecule has 0 aliphatic rings. The largest absolute Gasteiger partial charge is 0.418 e. The number of nitrogen functional groups attached to an aromatic ring is 1. The molecule has 0 amide bonds. The molecule has 0 unspecified atom stereocenters. The van der Waals surface area contributed by atoms with Crippen molar-refractivity contribution in [1.82, 2.24) is 0 Å². The van der Waals surface area contributed by atoms with Gasteiger partial charge in [-0.3, -0.25) is 0 Å². The molecule has 2 aromatic rings. The zero-order valence-electron chi connectivity index (χ0n) is 10.7. The zero-order chi connectivity index (χ0) is 14.8. The number of thioether (sulfide) groups is 1. The van der Waals surface area contributed by atoms with E-state index in [-0.39, 0.29) is 11.4 Å². The Balaban J connectivity index is 2.32. The minimum atomic E-state index is -4.45. The van der Waals surface area contributed by atoms with Crippen molar-refractivity contribution in [3.05, 3.63) is 48.0 Å². The van der Waals surface area contributed by atoms with E-state index in [9.17, 15) is 13.2 Å². The van der Waals surface area contributed by atoms with Gasteiger partial charge in [-0.15, -0.1) is 11.8 Å². The normalized spacial score (nSPS) is 11.4. The van der Waals surface area contributed by atoms with E-state index in [1.807, 2.05) is 18.4 Å². The monoisotopic (exact) mass is 298 g/mol. The Kier molecular flexibility index (Phi) is 4.13. The number of nitrogens with two attached hydrogens (primary N) is 1. The number of nitrogens with one attached hydrogen (secondary N) is 1. The summed E-state index contributed by atoms with van der Waals surface area (Å²) in [5, 5.41) is 2.77. The lowest BCUT2D eigenvalue weighted by Gasteiger charge is -2.15. The van der Waals surface area contributed by atoms with Crippen molar-refractivity contribution in [2.75, 3.05) is 17.3 Å². The summed E-state index contributed by atoms with van der Waals surface area (Å²) in [5.41, 5.74) is 5.32. The van der Waals surface area contributed by atoms with E-state index in [0.29, 0.717) is 5.69 Å². The summed E-state index contributed by atoms with van der Waals surface area (Å²) in [6, 6.07) is 10.9. The third-order valence-corrected chi connectivity index (χ3v) is 3.46. The van der Waals surface area contributed by atoms with Crippen LogP contribution in [0.5, 0.6) is 0 Å². The average molecular weight is 298 g/mol. The molecule has 2 aromatic carbocycles. The number of benzene rings is 2. The van der Waals surface area contributed by atoms with Crippen LogP contribution in [-0.2, 0) is 6.18 Å². The molecule has 2 rings (SSSR count). The van der Waals surface area contributed by atoms with E-state index < -0.39 is 11.7 Å². The average Bonchev–Trinajstić information content (AvgIpc) is 2.40. The molecule has 20 heavy (non-hydrogen) atoms. The van der Waals surface area contributed by atoms with E-state index in [0.717, 1.165) is 11.0 Å². The fourth-order valence-electron chi connectivity index (χ4n) is 1.74. The number of hydrogen-bond donors (Lipinski definition) is 2. The molecule has 3 N–H and O–H groups in total. The summed E-state index contributed by atoms with van der Waals surface area (Å²) in [5.74, 6) is 0. The van der Waals surface area contributed by atoms with Crippen LogP contribution in [0.4, 0.5) is 30.2 Å². The number of halogens is 3. The Hall–Kier alpha value is -1.82. The molecule has 0 spiro atoms. The Bertz CT molecular complexity index is 594.